The van der Waals surface area contributed by atoms with E-state index in [2.05, 4.69) is 15.9 Å². The summed E-state index contributed by atoms with van der Waals surface area (Å²) in [5, 5.41) is 8.29. The highest BCUT2D eigenvalue weighted by molar-refractivity contribution is 9.10. The van der Waals surface area contributed by atoms with Crippen molar-refractivity contribution in [1.82, 2.24) is 0 Å². The van der Waals surface area contributed by atoms with Gasteiger partial charge in [0.05, 0.1) is 11.3 Å². The van der Waals surface area contributed by atoms with Crippen molar-refractivity contribution in [2.45, 2.75) is 18.1 Å². The summed E-state index contributed by atoms with van der Waals surface area (Å²) >= 11 is 3.29. The number of aldehydes is 1. The maximum absolute atomic E-state index is 12.0. The number of sulfone groups is 1. The molecule has 100 valence electrons. The maximum Gasteiger partial charge on any atom is 0.155 e. The summed E-state index contributed by atoms with van der Waals surface area (Å²) in [6, 6.07) is 8.94. The average molecular weight is 342 g/mol. The zero-order valence-electron chi connectivity index (χ0n) is 10.2. The number of hydrogen-bond donors (Lipinski definition) is 0. The van der Waals surface area contributed by atoms with Crippen molar-refractivity contribution in [2.75, 3.05) is 5.75 Å². The van der Waals surface area contributed by atoms with Crippen molar-refractivity contribution in [2.24, 2.45) is 5.41 Å². The number of hydrogen-bond acceptors (Lipinski definition) is 4. The molecular weight excluding hydrogens is 330 g/mol. The topological polar surface area (TPSA) is 75.0 Å². The zero-order valence-corrected chi connectivity index (χ0v) is 12.6. The number of nitriles is 1. The minimum Gasteiger partial charge on any atom is -0.302 e. The van der Waals surface area contributed by atoms with Crippen molar-refractivity contribution in [3.05, 3.63) is 34.3 Å². The van der Waals surface area contributed by atoms with E-state index in [1.807, 2.05) is 6.07 Å². The molecule has 1 saturated carbocycles. The van der Waals surface area contributed by atoms with Crippen LogP contribution in [-0.2, 0) is 14.6 Å². The van der Waals surface area contributed by atoms with Gasteiger partial charge in [0.25, 0.3) is 0 Å². The zero-order chi connectivity index (χ0) is 14.3. The largest absolute Gasteiger partial charge is 0.302 e. The fraction of sp³-hybridized carbons (Fsp3) is 0.385. The summed E-state index contributed by atoms with van der Waals surface area (Å²) < 4.78 is 24.9. The fourth-order valence-corrected chi connectivity index (χ4v) is 4.67. The lowest BCUT2D eigenvalue weighted by Crippen LogP contribution is -2.17. The molecule has 0 unspecified atom stereocenters. The van der Waals surface area contributed by atoms with Crippen molar-refractivity contribution in [3.63, 3.8) is 0 Å². The second kappa shape index (κ2) is 4.73. The molecule has 0 bridgehead atoms. The summed E-state index contributed by atoms with van der Waals surface area (Å²) in [5.74, 6) is -0.629. The molecule has 1 fully saturated rings. The second-order valence-electron chi connectivity index (χ2n) is 4.56. The molecule has 0 aromatic heterocycles. The molecule has 0 radical (unpaired) electrons. The molecule has 3 atom stereocenters. The number of halogens is 1. The average Bonchev–Trinajstić information content (AvgIpc) is 3.10. The van der Waals surface area contributed by atoms with Crippen molar-refractivity contribution in [1.29, 1.82) is 5.26 Å². The second-order valence-corrected chi connectivity index (χ2v) is 7.89. The van der Waals surface area contributed by atoms with E-state index < -0.39 is 26.4 Å². The lowest BCUT2D eigenvalue weighted by atomic mass is 10.0. The van der Waals surface area contributed by atoms with E-state index in [1.165, 1.54) is 6.92 Å². The van der Waals surface area contributed by atoms with Crippen LogP contribution in [0.5, 0.6) is 0 Å². The van der Waals surface area contributed by atoms with E-state index >= 15 is 0 Å². The standard InChI is InChI=1S/C13H12BrNO3S/c1-2-19(17,18)12-11(13(12,7-15)8-16)9-3-5-10(14)6-4-9/h3-6,8,11-12H,2H2,1H3/t11-,12+,13+/m0/s1. The van der Waals surface area contributed by atoms with E-state index in [1.54, 1.807) is 24.3 Å². The Morgan fingerprint density at radius 3 is 2.42 bits per heavy atom. The summed E-state index contributed by atoms with van der Waals surface area (Å²) in [6.45, 7) is 1.53. The van der Waals surface area contributed by atoms with Gasteiger partial charge in [0, 0.05) is 16.1 Å². The smallest absolute Gasteiger partial charge is 0.155 e. The van der Waals surface area contributed by atoms with Crippen LogP contribution in [0.15, 0.2) is 28.7 Å². The van der Waals surface area contributed by atoms with Crippen molar-refractivity contribution < 1.29 is 13.2 Å². The molecule has 1 aromatic rings. The molecule has 6 heteroatoms. The molecule has 0 heterocycles. The predicted octanol–water partition coefficient (Wildman–Crippen LogP) is 2.06. The van der Waals surface area contributed by atoms with E-state index in [-0.39, 0.29) is 5.75 Å². The monoisotopic (exact) mass is 341 g/mol. The lowest BCUT2D eigenvalue weighted by molar-refractivity contribution is -0.110. The first-order valence-corrected chi connectivity index (χ1v) is 8.28. The Hall–Kier alpha value is -1.19. The quantitative estimate of drug-likeness (QED) is 0.785. The van der Waals surface area contributed by atoms with E-state index in [9.17, 15) is 18.5 Å². The van der Waals surface area contributed by atoms with Gasteiger partial charge in [-0.25, -0.2) is 8.42 Å². The highest BCUT2D eigenvalue weighted by Gasteiger charge is 2.72. The Bertz CT molecular complexity index is 647. The summed E-state index contributed by atoms with van der Waals surface area (Å²) in [5.41, 5.74) is -0.721. The van der Waals surface area contributed by atoms with Gasteiger partial charge in [-0.1, -0.05) is 35.0 Å². The summed E-state index contributed by atoms with van der Waals surface area (Å²) in [7, 11) is -3.43. The number of rotatable bonds is 4. The Labute approximate surface area is 120 Å². The number of nitrogens with zero attached hydrogens (tertiary/aromatic N) is 1. The van der Waals surface area contributed by atoms with Crippen LogP contribution in [0.1, 0.15) is 18.4 Å². The third-order valence-corrected chi connectivity index (χ3v) is 6.36. The van der Waals surface area contributed by atoms with Crippen LogP contribution < -0.4 is 0 Å². The maximum atomic E-state index is 12.0. The molecule has 0 aliphatic heterocycles. The SMILES string of the molecule is CCS(=O)(=O)[C@@H]1[C@H](c2ccc(Br)cc2)[C@@]1(C#N)C=O. The molecule has 19 heavy (non-hydrogen) atoms. The number of benzene rings is 1. The molecule has 1 aliphatic carbocycles. The third kappa shape index (κ3) is 2.11. The van der Waals surface area contributed by atoms with Crippen molar-refractivity contribution in [3.8, 4) is 6.07 Å². The lowest BCUT2D eigenvalue weighted by Gasteiger charge is -2.00. The molecule has 1 aliphatic rings. The van der Waals surface area contributed by atoms with Crippen molar-refractivity contribution >= 4 is 32.1 Å². The molecule has 0 saturated heterocycles. The minimum atomic E-state index is -3.43. The summed E-state index contributed by atoms with van der Waals surface area (Å²) in [4.78, 5) is 11.2. The first-order chi connectivity index (χ1) is 8.93. The first-order valence-electron chi connectivity index (χ1n) is 5.77. The molecule has 1 aromatic carbocycles. The first kappa shape index (κ1) is 14.2. The van der Waals surface area contributed by atoms with Gasteiger partial charge in [-0.3, -0.25) is 0 Å². The van der Waals surface area contributed by atoms with E-state index in [4.69, 9.17) is 0 Å². The molecular formula is C13H12BrNO3S. The van der Waals surface area contributed by atoms with Gasteiger partial charge in [-0.05, 0) is 17.7 Å². The van der Waals surface area contributed by atoms with Gasteiger partial charge >= 0.3 is 0 Å². The highest BCUT2D eigenvalue weighted by atomic mass is 79.9. The van der Waals surface area contributed by atoms with Gasteiger partial charge in [0.1, 0.15) is 11.7 Å². The van der Waals surface area contributed by atoms with Gasteiger partial charge in [0.2, 0.25) is 0 Å². The van der Waals surface area contributed by atoms with Crippen LogP contribution in [0.2, 0.25) is 0 Å². The third-order valence-electron chi connectivity index (χ3n) is 3.59. The normalized spacial score (nSPS) is 29.5. The molecule has 0 N–H and O–H groups in total. The Morgan fingerprint density at radius 2 is 2.00 bits per heavy atom. The van der Waals surface area contributed by atoms with Crippen LogP contribution in [0.4, 0.5) is 0 Å². The van der Waals surface area contributed by atoms with Gasteiger partial charge in [-0.2, -0.15) is 5.26 Å². The van der Waals surface area contributed by atoms with Crippen LogP contribution in [0, 0.1) is 16.7 Å². The molecule has 4 nitrogen and oxygen atoms in total. The number of carbonyl (C=O) groups excluding carboxylic acids is 1. The number of carbonyl (C=O) groups is 1. The highest BCUT2D eigenvalue weighted by Crippen LogP contribution is 2.61. The van der Waals surface area contributed by atoms with Crippen LogP contribution in [0.25, 0.3) is 0 Å². The summed E-state index contributed by atoms with van der Waals surface area (Å²) in [6.07, 6.45) is 0.484. The van der Waals surface area contributed by atoms with Gasteiger partial charge < -0.3 is 4.79 Å². The minimum absolute atomic E-state index is 0.0675. The molecule has 0 amide bonds. The Balaban J connectivity index is 2.49. The predicted molar refractivity (Wildman–Crippen MR) is 74.2 cm³/mol. The van der Waals surface area contributed by atoms with Gasteiger partial charge in [0.15, 0.2) is 9.84 Å². The van der Waals surface area contributed by atoms with E-state index in [0.717, 1.165) is 4.47 Å². The molecule has 0 spiro atoms. The van der Waals surface area contributed by atoms with E-state index in [0.29, 0.717) is 11.8 Å². The van der Waals surface area contributed by atoms with Crippen LogP contribution in [-0.4, -0.2) is 25.7 Å². The van der Waals surface area contributed by atoms with Gasteiger partial charge in [-0.15, -0.1) is 0 Å². The van der Waals surface area contributed by atoms with Crippen LogP contribution >= 0.6 is 15.9 Å². The molecule has 2 rings (SSSR count). The van der Waals surface area contributed by atoms with Crippen LogP contribution in [0.3, 0.4) is 0 Å². The fourth-order valence-electron chi connectivity index (χ4n) is 2.48. The Morgan fingerprint density at radius 1 is 1.42 bits per heavy atom. The Kier molecular flexibility index (Phi) is 3.54.